The third kappa shape index (κ3) is 3.90. The fourth-order valence-electron chi connectivity index (χ4n) is 2.07. The molecule has 0 aromatic heterocycles. The summed E-state index contributed by atoms with van der Waals surface area (Å²) < 4.78 is 32.2. The predicted octanol–water partition coefficient (Wildman–Crippen LogP) is 0.902. The highest BCUT2D eigenvalue weighted by Gasteiger charge is 2.22. The van der Waals surface area contributed by atoms with Gasteiger partial charge in [-0.2, -0.15) is 0 Å². The zero-order valence-corrected chi connectivity index (χ0v) is 12.5. The van der Waals surface area contributed by atoms with Gasteiger partial charge in [-0.1, -0.05) is 0 Å². The number of hydrogen-bond donors (Lipinski definition) is 3. The summed E-state index contributed by atoms with van der Waals surface area (Å²) in [6.07, 6.45) is 0. The molecule has 0 aliphatic rings. The Morgan fingerprint density at radius 2 is 1.84 bits per heavy atom. The second-order valence-electron chi connectivity index (χ2n) is 4.56. The van der Waals surface area contributed by atoms with Gasteiger partial charge in [0.25, 0.3) is 0 Å². The second kappa shape index (κ2) is 6.33. The van der Waals surface area contributed by atoms with E-state index in [2.05, 4.69) is 10.1 Å². The highest BCUT2D eigenvalue weighted by Crippen LogP contribution is 2.24. The monoisotopic (exact) mass is 287 g/mol. The van der Waals surface area contributed by atoms with E-state index < -0.39 is 10.0 Å². The summed E-state index contributed by atoms with van der Waals surface area (Å²) in [6, 6.07) is 3.10. The maximum atomic E-state index is 12.3. The van der Waals surface area contributed by atoms with E-state index in [1.165, 1.54) is 7.11 Å². The van der Waals surface area contributed by atoms with Crippen LogP contribution in [0.4, 0.5) is 5.69 Å². The Morgan fingerprint density at radius 3 is 2.26 bits per heavy atom. The molecule has 0 aliphatic heterocycles. The molecule has 1 unspecified atom stereocenters. The molecule has 0 aliphatic carbocycles. The van der Waals surface area contributed by atoms with Crippen molar-refractivity contribution < 1.29 is 13.2 Å². The average Bonchev–Trinajstić information content (AvgIpc) is 2.26. The Hall–Kier alpha value is -1.15. The Bertz CT molecular complexity index is 520. The normalized spacial score (nSPS) is 13.3. The number of hydrazine groups is 1. The molecule has 1 aromatic rings. The van der Waals surface area contributed by atoms with Gasteiger partial charge in [0.2, 0.25) is 10.0 Å². The molecule has 0 bridgehead atoms. The summed E-state index contributed by atoms with van der Waals surface area (Å²) in [5, 5.41) is 0. The second-order valence-corrected chi connectivity index (χ2v) is 6.21. The third-order valence-electron chi connectivity index (χ3n) is 2.67. The summed E-state index contributed by atoms with van der Waals surface area (Å²) in [7, 11) is -2.04. The number of rotatable bonds is 6. The number of ether oxygens (including phenoxy) is 1. The van der Waals surface area contributed by atoms with Crippen molar-refractivity contribution in [3.05, 3.63) is 23.3 Å². The lowest BCUT2D eigenvalue weighted by molar-refractivity contribution is 0.180. The number of sulfonamides is 1. The zero-order chi connectivity index (χ0) is 14.6. The van der Waals surface area contributed by atoms with E-state index in [1.807, 2.05) is 0 Å². The number of nitrogen functional groups attached to an aromatic ring is 1. The Morgan fingerprint density at radius 1 is 1.32 bits per heavy atom. The van der Waals surface area contributed by atoms with Gasteiger partial charge in [0.1, 0.15) is 0 Å². The first kappa shape index (κ1) is 15.9. The molecule has 0 radical (unpaired) electrons. The summed E-state index contributed by atoms with van der Waals surface area (Å²) in [5.41, 5.74) is 4.48. The van der Waals surface area contributed by atoms with Gasteiger partial charge in [0.05, 0.1) is 11.5 Å². The lowest BCUT2D eigenvalue weighted by atomic mass is 10.1. The van der Waals surface area contributed by atoms with Gasteiger partial charge in [-0.05, 0) is 44.0 Å². The molecule has 1 atom stereocenters. The van der Waals surface area contributed by atoms with Crippen molar-refractivity contribution in [1.29, 1.82) is 0 Å². The van der Waals surface area contributed by atoms with Crippen molar-refractivity contribution in [2.75, 3.05) is 19.1 Å². The summed E-state index contributed by atoms with van der Waals surface area (Å²) in [5.74, 6) is 5.34. The van der Waals surface area contributed by atoms with Crippen LogP contribution in [-0.4, -0.2) is 28.2 Å². The number of methoxy groups -OCH3 is 1. The fraction of sp³-hybridized carbons (Fsp3) is 0.500. The van der Waals surface area contributed by atoms with E-state index in [0.29, 0.717) is 23.4 Å². The van der Waals surface area contributed by atoms with Crippen LogP contribution in [0.5, 0.6) is 0 Å². The number of nitrogens with two attached hydrogens (primary N) is 1. The van der Waals surface area contributed by atoms with Gasteiger partial charge >= 0.3 is 0 Å². The van der Waals surface area contributed by atoms with Gasteiger partial charge in [0.15, 0.2) is 0 Å². The number of aryl methyl sites for hydroxylation is 2. The standard InChI is InChI=1S/C12H21N3O3S/c1-8-5-11(14-13)6-9(2)12(8)19(16,17)15-10(3)7-18-4/h5-6,10,14-15H,7,13H2,1-4H3. The van der Waals surface area contributed by atoms with E-state index >= 15 is 0 Å². The van der Waals surface area contributed by atoms with Crippen molar-refractivity contribution >= 4 is 15.7 Å². The molecule has 0 amide bonds. The maximum Gasteiger partial charge on any atom is 0.241 e. The fourth-order valence-corrected chi connectivity index (χ4v) is 3.75. The van der Waals surface area contributed by atoms with E-state index in [9.17, 15) is 8.42 Å². The van der Waals surface area contributed by atoms with E-state index in [4.69, 9.17) is 10.6 Å². The first-order valence-corrected chi connectivity index (χ1v) is 7.39. The number of nitrogens with one attached hydrogen (secondary N) is 2. The molecule has 1 rings (SSSR count). The van der Waals surface area contributed by atoms with E-state index in [0.717, 1.165) is 0 Å². The molecule has 0 saturated heterocycles. The van der Waals surface area contributed by atoms with Crippen molar-refractivity contribution in [3.63, 3.8) is 0 Å². The van der Waals surface area contributed by atoms with Crippen LogP contribution in [0.15, 0.2) is 17.0 Å². The van der Waals surface area contributed by atoms with Crippen molar-refractivity contribution in [2.45, 2.75) is 31.7 Å². The summed E-state index contributed by atoms with van der Waals surface area (Å²) >= 11 is 0. The quantitative estimate of drug-likeness (QED) is 0.534. The number of hydrogen-bond acceptors (Lipinski definition) is 5. The largest absolute Gasteiger partial charge is 0.383 e. The molecule has 0 fully saturated rings. The van der Waals surface area contributed by atoms with Crippen molar-refractivity contribution in [1.82, 2.24) is 4.72 Å². The Labute approximate surface area is 114 Å². The van der Waals surface area contributed by atoms with Crippen LogP contribution in [0.2, 0.25) is 0 Å². The van der Waals surface area contributed by atoms with E-state index in [1.54, 1.807) is 32.9 Å². The molecule has 0 saturated carbocycles. The van der Waals surface area contributed by atoms with Crippen LogP contribution in [0.1, 0.15) is 18.1 Å². The smallest absolute Gasteiger partial charge is 0.241 e. The van der Waals surface area contributed by atoms with Gasteiger partial charge in [0, 0.05) is 18.8 Å². The average molecular weight is 287 g/mol. The van der Waals surface area contributed by atoms with Crippen molar-refractivity contribution in [3.8, 4) is 0 Å². The van der Waals surface area contributed by atoms with Gasteiger partial charge in [-0.15, -0.1) is 0 Å². The Balaban J connectivity index is 3.15. The highest BCUT2D eigenvalue weighted by atomic mass is 32.2. The SMILES string of the molecule is COCC(C)NS(=O)(=O)c1c(C)cc(NN)cc1C. The Kier molecular flexibility index (Phi) is 5.30. The summed E-state index contributed by atoms with van der Waals surface area (Å²) in [4.78, 5) is 0.287. The van der Waals surface area contributed by atoms with Crippen LogP contribution in [0, 0.1) is 13.8 Å². The molecule has 1 aromatic carbocycles. The third-order valence-corrected chi connectivity index (χ3v) is 4.56. The molecular formula is C12H21N3O3S. The van der Waals surface area contributed by atoms with Crippen LogP contribution >= 0.6 is 0 Å². The molecule has 108 valence electrons. The first-order chi connectivity index (χ1) is 8.81. The summed E-state index contributed by atoms with van der Waals surface area (Å²) in [6.45, 7) is 5.55. The lowest BCUT2D eigenvalue weighted by Crippen LogP contribution is -2.36. The van der Waals surface area contributed by atoms with Crippen LogP contribution < -0.4 is 16.0 Å². The first-order valence-electron chi connectivity index (χ1n) is 5.91. The molecule has 0 heterocycles. The number of benzene rings is 1. The van der Waals surface area contributed by atoms with Crippen LogP contribution in [0.3, 0.4) is 0 Å². The number of anilines is 1. The molecule has 7 heteroatoms. The molecule has 4 N–H and O–H groups in total. The lowest BCUT2D eigenvalue weighted by Gasteiger charge is -2.17. The molecule has 19 heavy (non-hydrogen) atoms. The molecular weight excluding hydrogens is 266 g/mol. The highest BCUT2D eigenvalue weighted by molar-refractivity contribution is 7.89. The van der Waals surface area contributed by atoms with Gasteiger partial charge in [-0.25, -0.2) is 13.1 Å². The van der Waals surface area contributed by atoms with Crippen molar-refractivity contribution in [2.24, 2.45) is 5.84 Å². The maximum absolute atomic E-state index is 12.3. The molecule has 0 spiro atoms. The van der Waals surface area contributed by atoms with Crippen LogP contribution in [0.25, 0.3) is 0 Å². The zero-order valence-electron chi connectivity index (χ0n) is 11.6. The topological polar surface area (TPSA) is 93.4 Å². The van der Waals surface area contributed by atoms with E-state index in [-0.39, 0.29) is 10.9 Å². The van der Waals surface area contributed by atoms with Gasteiger partial charge in [-0.3, -0.25) is 5.84 Å². The van der Waals surface area contributed by atoms with Gasteiger partial charge < -0.3 is 10.2 Å². The predicted molar refractivity (Wildman–Crippen MR) is 75.4 cm³/mol. The van der Waals surface area contributed by atoms with Crippen LogP contribution in [-0.2, 0) is 14.8 Å². The minimum Gasteiger partial charge on any atom is -0.383 e. The minimum atomic E-state index is -3.57. The molecule has 6 nitrogen and oxygen atoms in total. The minimum absolute atomic E-state index is 0.287.